The van der Waals surface area contributed by atoms with Crippen molar-refractivity contribution in [3.8, 4) is 0 Å². The molecular weight excluding hydrogens is 146 g/mol. The third-order valence-electron chi connectivity index (χ3n) is 2.21. The Morgan fingerprint density at radius 1 is 1.25 bits per heavy atom. The zero-order valence-corrected chi connectivity index (χ0v) is 8.82. The van der Waals surface area contributed by atoms with Gasteiger partial charge < -0.3 is 5.41 Å². The van der Waals surface area contributed by atoms with Gasteiger partial charge in [0.05, 0.1) is 0 Å². The smallest absolute Gasteiger partial charge is 0.00918 e. The van der Waals surface area contributed by atoms with Crippen molar-refractivity contribution in [2.45, 2.75) is 59.3 Å². The Labute approximate surface area is 77.1 Å². The molecule has 0 aromatic rings. The van der Waals surface area contributed by atoms with Crippen LogP contribution in [-0.2, 0) is 0 Å². The molecule has 0 aliphatic carbocycles. The van der Waals surface area contributed by atoms with Gasteiger partial charge in [-0.15, -0.1) is 0 Å². The molecule has 0 rings (SSSR count). The van der Waals surface area contributed by atoms with E-state index in [1.165, 1.54) is 25.7 Å². The topological polar surface area (TPSA) is 23.9 Å². The van der Waals surface area contributed by atoms with Gasteiger partial charge in [0, 0.05) is 5.71 Å². The highest BCUT2D eigenvalue weighted by atomic mass is 14.4. The number of unbranched alkanes of at least 4 members (excludes halogenated alkanes) is 1. The van der Waals surface area contributed by atoms with Gasteiger partial charge in [-0.2, -0.15) is 0 Å². The predicted octanol–water partition coefficient (Wildman–Crippen LogP) is 4.02. The van der Waals surface area contributed by atoms with Crippen LogP contribution in [0.1, 0.15) is 59.3 Å². The van der Waals surface area contributed by atoms with Crippen LogP contribution < -0.4 is 0 Å². The van der Waals surface area contributed by atoms with Gasteiger partial charge in [-0.1, -0.05) is 40.0 Å². The molecule has 1 atom stereocenters. The average Bonchev–Trinajstić information content (AvgIpc) is 2.01. The van der Waals surface area contributed by atoms with E-state index in [1.54, 1.807) is 0 Å². The van der Waals surface area contributed by atoms with Crippen molar-refractivity contribution in [3.05, 3.63) is 0 Å². The number of nitrogens with one attached hydrogen (secondary N) is 1. The molecule has 0 fully saturated rings. The van der Waals surface area contributed by atoms with Gasteiger partial charge in [0.2, 0.25) is 0 Å². The third-order valence-corrected chi connectivity index (χ3v) is 2.21. The molecule has 0 spiro atoms. The molecule has 0 aliphatic rings. The van der Waals surface area contributed by atoms with Gasteiger partial charge in [0.25, 0.3) is 0 Å². The Balaban J connectivity index is 3.40. The lowest BCUT2D eigenvalue weighted by molar-refractivity contribution is 0.539. The standard InChI is InChI=1S/C11H23N/c1-4-6-8-11(12)9-10(3)7-5-2/h10,12H,4-9H2,1-3H3. The van der Waals surface area contributed by atoms with Crippen LogP contribution in [0.4, 0.5) is 0 Å². The third kappa shape index (κ3) is 6.38. The summed E-state index contributed by atoms with van der Waals surface area (Å²) in [7, 11) is 0. The minimum atomic E-state index is 0.722. The molecular formula is C11H23N. The monoisotopic (exact) mass is 169 g/mol. The summed E-state index contributed by atoms with van der Waals surface area (Å²) in [4.78, 5) is 0. The molecule has 0 saturated heterocycles. The highest BCUT2D eigenvalue weighted by Gasteiger charge is 2.04. The Morgan fingerprint density at radius 2 is 1.92 bits per heavy atom. The molecule has 1 N–H and O–H groups in total. The van der Waals surface area contributed by atoms with Crippen molar-refractivity contribution in [2.24, 2.45) is 5.92 Å². The van der Waals surface area contributed by atoms with Gasteiger partial charge in [-0.25, -0.2) is 0 Å². The van der Waals surface area contributed by atoms with E-state index in [2.05, 4.69) is 20.8 Å². The molecule has 1 nitrogen and oxygen atoms in total. The Hall–Kier alpha value is -0.330. The van der Waals surface area contributed by atoms with Crippen LogP contribution >= 0.6 is 0 Å². The maximum atomic E-state index is 7.70. The minimum Gasteiger partial charge on any atom is -0.310 e. The van der Waals surface area contributed by atoms with Crippen LogP contribution in [0.25, 0.3) is 0 Å². The zero-order chi connectivity index (χ0) is 9.40. The first-order valence-corrected chi connectivity index (χ1v) is 5.27. The number of hydrogen-bond donors (Lipinski definition) is 1. The second kappa shape index (κ2) is 7.33. The van der Waals surface area contributed by atoms with Crippen LogP contribution in [0.2, 0.25) is 0 Å². The van der Waals surface area contributed by atoms with Crippen LogP contribution in [0.5, 0.6) is 0 Å². The van der Waals surface area contributed by atoms with Gasteiger partial charge in [-0.3, -0.25) is 0 Å². The second-order valence-electron chi connectivity index (χ2n) is 3.81. The second-order valence-corrected chi connectivity index (χ2v) is 3.81. The molecule has 0 saturated carbocycles. The fourth-order valence-electron chi connectivity index (χ4n) is 1.51. The summed E-state index contributed by atoms with van der Waals surface area (Å²) in [5.41, 5.74) is 0.956. The van der Waals surface area contributed by atoms with Crippen molar-refractivity contribution in [3.63, 3.8) is 0 Å². The maximum absolute atomic E-state index is 7.70. The fourth-order valence-corrected chi connectivity index (χ4v) is 1.51. The van der Waals surface area contributed by atoms with Crippen molar-refractivity contribution in [1.82, 2.24) is 0 Å². The lowest BCUT2D eigenvalue weighted by Gasteiger charge is -2.10. The summed E-state index contributed by atoms with van der Waals surface area (Å²) in [5, 5.41) is 7.70. The van der Waals surface area contributed by atoms with Crippen LogP contribution in [0.3, 0.4) is 0 Å². The van der Waals surface area contributed by atoms with E-state index in [1.807, 2.05) is 0 Å². The molecule has 0 aromatic heterocycles. The minimum absolute atomic E-state index is 0.722. The highest BCUT2D eigenvalue weighted by molar-refractivity contribution is 5.81. The summed E-state index contributed by atoms with van der Waals surface area (Å²) in [6.07, 6.45) is 6.97. The molecule has 0 radical (unpaired) electrons. The van der Waals surface area contributed by atoms with Crippen molar-refractivity contribution in [1.29, 1.82) is 5.41 Å². The largest absolute Gasteiger partial charge is 0.310 e. The normalized spacial score (nSPS) is 12.9. The van der Waals surface area contributed by atoms with Crippen LogP contribution in [-0.4, -0.2) is 5.71 Å². The first kappa shape index (κ1) is 11.7. The molecule has 1 heteroatoms. The predicted molar refractivity (Wildman–Crippen MR) is 55.9 cm³/mol. The molecule has 0 bridgehead atoms. The van der Waals surface area contributed by atoms with Crippen molar-refractivity contribution < 1.29 is 0 Å². The van der Waals surface area contributed by atoms with E-state index >= 15 is 0 Å². The first-order chi connectivity index (χ1) is 5.70. The molecule has 0 aromatic carbocycles. The quantitative estimate of drug-likeness (QED) is 0.556. The summed E-state index contributed by atoms with van der Waals surface area (Å²) in [6.45, 7) is 6.65. The lowest BCUT2D eigenvalue weighted by Crippen LogP contribution is -2.04. The first-order valence-electron chi connectivity index (χ1n) is 5.27. The summed E-state index contributed by atoms with van der Waals surface area (Å²) in [5.74, 6) is 0.722. The summed E-state index contributed by atoms with van der Waals surface area (Å²) < 4.78 is 0. The lowest BCUT2D eigenvalue weighted by atomic mass is 9.97. The molecule has 0 aliphatic heterocycles. The molecule has 0 amide bonds. The van der Waals surface area contributed by atoms with E-state index in [-0.39, 0.29) is 0 Å². The van der Waals surface area contributed by atoms with E-state index < -0.39 is 0 Å². The number of rotatable bonds is 7. The molecule has 1 unspecified atom stereocenters. The maximum Gasteiger partial charge on any atom is 0.00918 e. The summed E-state index contributed by atoms with van der Waals surface area (Å²) >= 11 is 0. The van der Waals surface area contributed by atoms with Gasteiger partial charge in [0.1, 0.15) is 0 Å². The highest BCUT2D eigenvalue weighted by Crippen LogP contribution is 2.12. The van der Waals surface area contributed by atoms with Crippen LogP contribution in [0.15, 0.2) is 0 Å². The van der Waals surface area contributed by atoms with Gasteiger partial charge in [-0.05, 0) is 25.2 Å². The van der Waals surface area contributed by atoms with Crippen molar-refractivity contribution in [2.75, 3.05) is 0 Å². The average molecular weight is 169 g/mol. The molecule has 72 valence electrons. The van der Waals surface area contributed by atoms with Crippen LogP contribution in [0, 0.1) is 11.3 Å². The number of hydrogen-bond acceptors (Lipinski definition) is 1. The van der Waals surface area contributed by atoms with E-state index in [4.69, 9.17) is 5.41 Å². The Kier molecular flexibility index (Phi) is 7.12. The van der Waals surface area contributed by atoms with Gasteiger partial charge >= 0.3 is 0 Å². The summed E-state index contributed by atoms with van der Waals surface area (Å²) in [6, 6.07) is 0. The Bertz CT molecular complexity index is 118. The van der Waals surface area contributed by atoms with E-state index in [0.29, 0.717) is 0 Å². The van der Waals surface area contributed by atoms with E-state index in [9.17, 15) is 0 Å². The van der Waals surface area contributed by atoms with E-state index in [0.717, 1.165) is 24.5 Å². The molecule has 0 heterocycles. The van der Waals surface area contributed by atoms with Gasteiger partial charge in [0.15, 0.2) is 0 Å². The van der Waals surface area contributed by atoms with Crippen molar-refractivity contribution >= 4 is 5.71 Å². The zero-order valence-electron chi connectivity index (χ0n) is 8.82. The fraction of sp³-hybridized carbons (Fsp3) is 0.909. The molecule has 12 heavy (non-hydrogen) atoms. The SMILES string of the molecule is CCCCC(=N)CC(C)CCC. The Morgan fingerprint density at radius 3 is 2.42 bits per heavy atom.